The van der Waals surface area contributed by atoms with Gasteiger partial charge in [-0.05, 0) is 25.3 Å². The van der Waals surface area contributed by atoms with Gasteiger partial charge in [-0.2, -0.15) is 0 Å². The van der Waals surface area contributed by atoms with Gasteiger partial charge in [0, 0.05) is 12.8 Å². The van der Waals surface area contributed by atoms with Crippen molar-refractivity contribution in [2.45, 2.75) is 52.1 Å². The monoisotopic (exact) mass is 184 g/mol. The van der Waals surface area contributed by atoms with Gasteiger partial charge in [0.2, 0.25) is 0 Å². The zero-order valence-electron chi connectivity index (χ0n) is 8.40. The first kappa shape index (κ1) is 10.4. The minimum absolute atomic E-state index is 0.163. The van der Waals surface area contributed by atoms with Crippen LogP contribution in [0.2, 0.25) is 0 Å². The van der Waals surface area contributed by atoms with Gasteiger partial charge in [-0.3, -0.25) is 4.79 Å². The maximum absolute atomic E-state index is 13.2. The van der Waals surface area contributed by atoms with Gasteiger partial charge < -0.3 is 0 Å². The molecule has 0 fully saturated rings. The molecule has 2 heteroatoms. The summed E-state index contributed by atoms with van der Waals surface area (Å²) in [5, 5.41) is 0. The van der Waals surface area contributed by atoms with Crippen LogP contribution < -0.4 is 0 Å². The molecule has 1 aliphatic carbocycles. The highest BCUT2D eigenvalue weighted by molar-refractivity contribution is 5.98. The molecule has 0 radical (unpaired) electrons. The highest BCUT2D eigenvalue weighted by Crippen LogP contribution is 2.27. The van der Waals surface area contributed by atoms with Crippen LogP contribution in [0.15, 0.2) is 11.1 Å². The van der Waals surface area contributed by atoms with Crippen LogP contribution in [-0.2, 0) is 4.79 Å². The first-order valence-corrected chi connectivity index (χ1v) is 5.01. The maximum atomic E-state index is 13.2. The van der Waals surface area contributed by atoms with Crippen molar-refractivity contribution in [2.24, 2.45) is 0 Å². The van der Waals surface area contributed by atoms with Gasteiger partial charge in [-0.1, -0.05) is 18.9 Å². The number of carbonyl (C=O) groups excluding carboxylic acids is 1. The van der Waals surface area contributed by atoms with Gasteiger partial charge in [0.15, 0.2) is 5.78 Å². The van der Waals surface area contributed by atoms with Crippen LogP contribution in [0, 0.1) is 0 Å². The van der Waals surface area contributed by atoms with Crippen LogP contribution in [0.4, 0.5) is 4.39 Å². The summed E-state index contributed by atoms with van der Waals surface area (Å²) in [4.78, 5) is 11.3. The fourth-order valence-corrected chi connectivity index (χ4v) is 1.77. The summed E-state index contributed by atoms with van der Waals surface area (Å²) in [5.41, 5.74) is 1.87. The first-order chi connectivity index (χ1) is 6.15. The Hall–Kier alpha value is -0.660. The average Bonchev–Trinajstić information content (AvgIpc) is 2.36. The highest BCUT2D eigenvalue weighted by atomic mass is 19.1. The molecular weight excluding hydrogens is 167 g/mol. The fourth-order valence-electron chi connectivity index (χ4n) is 1.77. The van der Waals surface area contributed by atoms with Crippen molar-refractivity contribution < 1.29 is 9.18 Å². The van der Waals surface area contributed by atoms with E-state index in [4.69, 9.17) is 0 Å². The Morgan fingerprint density at radius 1 is 1.46 bits per heavy atom. The first-order valence-electron chi connectivity index (χ1n) is 5.01. The number of halogens is 1. The van der Waals surface area contributed by atoms with E-state index in [2.05, 4.69) is 0 Å². The quantitative estimate of drug-likeness (QED) is 0.655. The molecule has 0 saturated carbocycles. The van der Waals surface area contributed by atoms with Crippen LogP contribution in [0.25, 0.3) is 0 Å². The molecule has 1 unspecified atom stereocenters. The third kappa shape index (κ3) is 2.64. The second kappa shape index (κ2) is 4.54. The van der Waals surface area contributed by atoms with Crippen LogP contribution in [0.1, 0.15) is 46.0 Å². The van der Waals surface area contributed by atoms with Gasteiger partial charge in [0.25, 0.3) is 0 Å². The summed E-state index contributed by atoms with van der Waals surface area (Å²) in [5.74, 6) is 0.163. The molecule has 0 spiro atoms. The molecule has 0 bridgehead atoms. The second-order valence-electron chi connectivity index (χ2n) is 3.77. The molecular formula is C11H17FO. The van der Waals surface area contributed by atoms with Gasteiger partial charge in [0.1, 0.15) is 6.17 Å². The van der Waals surface area contributed by atoms with E-state index in [0.29, 0.717) is 19.3 Å². The van der Waals surface area contributed by atoms with E-state index in [0.717, 1.165) is 24.0 Å². The highest BCUT2D eigenvalue weighted by Gasteiger charge is 2.22. The van der Waals surface area contributed by atoms with Crippen molar-refractivity contribution in [3.8, 4) is 0 Å². The summed E-state index contributed by atoms with van der Waals surface area (Å²) in [6.07, 6.45) is 2.38. The van der Waals surface area contributed by atoms with Crippen molar-refractivity contribution >= 4 is 5.78 Å². The van der Waals surface area contributed by atoms with Crippen molar-refractivity contribution in [3.05, 3.63) is 11.1 Å². The van der Waals surface area contributed by atoms with Crippen LogP contribution in [0.3, 0.4) is 0 Å². The number of rotatable bonds is 4. The van der Waals surface area contributed by atoms with Gasteiger partial charge in [-0.15, -0.1) is 0 Å². The normalized spacial score (nSPS) is 19.8. The zero-order valence-corrected chi connectivity index (χ0v) is 8.40. The van der Waals surface area contributed by atoms with Gasteiger partial charge >= 0.3 is 0 Å². The number of allylic oxidation sites excluding steroid dienone is 2. The minimum atomic E-state index is -0.822. The SMILES string of the molecule is CCCC(F)CC1=C(C)CCC1=O. The van der Waals surface area contributed by atoms with E-state index in [9.17, 15) is 9.18 Å². The number of hydrogen-bond acceptors (Lipinski definition) is 1. The number of alkyl halides is 1. The molecule has 74 valence electrons. The molecule has 0 aromatic rings. The number of hydrogen-bond donors (Lipinski definition) is 0. The lowest BCUT2D eigenvalue weighted by Gasteiger charge is -2.07. The lowest BCUT2D eigenvalue weighted by molar-refractivity contribution is -0.115. The fraction of sp³-hybridized carbons (Fsp3) is 0.727. The Morgan fingerprint density at radius 2 is 2.15 bits per heavy atom. The van der Waals surface area contributed by atoms with E-state index in [1.165, 1.54) is 0 Å². The number of ketones is 1. The second-order valence-corrected chi connectivity index (χ2v) is 3.77. The largest absolute Gasteiger partial charge is 0.295 e. The predicted molar refractivity (Wildman–Crippen MR) is 51.4 cm³/mol. The summed E-state index contributed by atoms with van der Waals surface area (Å²) in [7, 11) is 0. The Bertz CT molecular complexity index is 230. The van der Waals surface area contributed by atoms with E-state index in [-0.39, 0.29) is 5.78 Å². The topological polar surface area (TPSA) is 17.1 Å². The van der Waals surface area contributed by atoms with Gasteiger partial charge in [-0.25, -0.2) is 4.39 Å². The standard InChI is InChI=1S/C11H17FO/c1-3-4-9(12)7-10-8(2)5-6-11(10)13/h9H,3-7H2,1-2H3. The van der Waals surface area contributed by atoms with Crippen LogP contribution >= 0.6 is 0 Å². The average molecular weight is 184 g/mol. The van der Waals surface area contributed by atoms with E-state index in [1.54, 1.807) is 0 Å². The third-order valence-corrected chi connectivity index (χ3v) is 2.61. The molecule has 0 aromatic carbocycles. The number of Topliss-reactive ketones (excluding diaryl/α,β-unsaturated/α-hetero) is 1. The molecule has 0 heterocycles. The third-order valence-electron chi connectivity index (χ3n) is 2.61. The molecule has 0 aromatic heterocycles. The predicted octanol–water partition coefficient (Wildman–Crippen LogP) is 3.19. The smallest absolute Gasteiger partial charge is 0.159 e. The molecule has 0 amide bonds. The van der Waals surface area contributed by atoms with Crippen molar-refractivity contribution in [3.63, 3.8) is 0 Å². The Labute approximate surface area is 79.0 Å². The lowest BCUT2D eigenvalue weighted by atomic mass is 10.0. The molecule has 1 aliphatic rings. The Balaban J connectivity index is 2.52. The van der Waals surface area contributed by atoms with Crippen molar-refractivity contribution in [2.75, 3.05) is 0 Å². The van der Waals surface area contributed by atoms with Crippen molar-refractivity contribution in [1.82, 2.24) is 0 Å². The van der Waals surface area contributed by atoms with Crippen molar-refractivity contribution in [1.29, 1.82) is 0 Å². The number of carbonyl (C=O) groups is 1. The molecule has 1 atom stereocenters. The molecule has 13 heavy (non-hydrogen) atoms. The summed E-state index contributed by atoms with van der Waals surface area (Å²) < 4.78 is 13.2. The van der Waals surface area contributed by atoms with Crippen LogP contribution in [0.5, 0.6) is 0 Å². The molecule has 0 aliphatic heterocycles. The summed E-state index contributed by atoms with van der Waals surface area (Å²) >= 11 is 0. The summed E-state index contributed by atoms with van der Waals surface area (Å²) in [6, 6.07) is 0. The van der Waals surface area contributed by atoms with E-state index >= 15 is 0 Å². The van der Waals surface area contributed by atoms with Gasteiger partial charge in [0.05, 0.1) is 0 Å². The van der Waals surface area contributed by atoms with Crippen LogP contribution in [-0.4, -0.2) is 12.0 Å². The lowest BCUT2D eigenvalue weighted by Crippen LogP contribution is -2.06. The molecule has 0 N–H and O–H groups in total. The molecule has 1 rings (SSSR count). The van der Waals surface area contributed by atoms with E-state index in [1.807, 2.05) is 13.8 Å². The van der Waals surface area contributed by atoms with E-state index < -0.39 is 6.17 Å². The summed E-state index contributed by atoms with van der Waals surface area (Å²) in [6.45, 7) is 3.91. The minimum Gasteiger partial charge on any atom is -0.295 e. The molecule has 0 saturated heterocycles. The Morgan fingerprint density at radius 3 is 2.62 bits per heavy atom. The maximum Gasteiger partial charge on any atom is 0.159 e. The Kier molecular flexibility index (Phi) is 3.64. The molecule has 1 nitrogen and oxygen atoms in total. The zero-order chi connectivity index (χ0) is 9.84.